The molecule has 9 heteroatoms. The molecule has 0 unspecified atom stereocenters. The molecule has 0 N–H and O–H groups in total. The molecule has 0 aliphatic rings. The third kappa shape index (κ3) is 3.72. The lowest BCUT2D eigenvalue weighted by Gasteiger charge is -2.18. The van der Waals surface area contributed by atoms with Crippen LogP contribution in [-0.2, 0) is 17.8 Å². The maximum Gasteiger partial charge on any atom is 0.253 e. The number of amides is 1. The molecule has 0 atom stereocenters. The van der Waals surface area contributed by atoms with E-state index in [0.29, 0.717) is 23.3 Å². The molecule has 0 spiro atoms. The van der Waals surface area contributed by atoms with Crippen LogP contribution in [0.4, 0.5) is 0 Å². The van der Waals surface area contributed by atoms with Crippen LogP contribution >= 0.6 is 11.8 Å². The molecule has 0 fully saturated rings. The molecule has 4 aromatic rings. The molecule has 3 heterocycles. The third-order valence-electron chi connectivity index (χ3n) is 5.18. The zero-order valence-electron chi connectivity index (χ0n) is 17.7. The highest BCUT2D eigenvalue weighted by Crippen LogP contribution is 2.19. The van der Waals surface area contributed by atoms with Crippen molar-refractivity contribution in [3.63, 3.8) is 0 Å². The number of hydrogen-bond donors (Lipinski definition) is 0. The summed E-state index contributed by atoms with van der Waals surface area (Å²) in [5, 5.41) is 6.14. The van der Waals surface area contributed by atoms with Crippen LogP contribution < -0.4 is 0 Å². The summed E-state index contributed by atoms with van der Waals surface area (Å²) in [5.41, 5.74) is 4.34. The number of carbonyl (C=O) groups is 1. The van der Waals surface area contributed by atoms with E-state index < -0.39 is 0 Å². The van der Waals surface area contributed by atoms with Crippen molar-refractivity contribution < 1.29 is 4.79 Å². The smallest absolute Gasteiger partial charge is 0.253 e. The van der Waals surface area contributed by atoms with Crippen molar-refractivity contribution in [2.24, 2.45) is 0 Å². The quantitative estimate of drug-likeness (QED) is 0.458. The molecule has 1 aromatic carbocycles. The summed E-state index contributed by atoms with van der Waals surface area (Å²) in [5.74, 6) is 1.16. The number of nitrogens with zero attached hydrogens (tertiary/aromatic N) is 7. The minimum Gasteiger partial charge on any atom is -0.338 e. The Bertz CT molecular complexity index is 1270. The van der Waals surface area contributed by atoms with Crippen LogP contribution in [0, 0.1) is 20.8 Å². The maximum absolute atomic E-state index is 13.0. The highest BCUT2D eigenvalue weighted by atomic mass is 32.2. The monoisotopic (exact) mass is 421 g/mol. The van der Waals surface area contributed by atoms with Crippen LogP contribution in [-0.4, -0.2) is 53.7 Å². The minimum absolute atomic E-state index is 0.0260. The highest BCUT2D eigenvalue weighted by molar-refractivity contribution is 7.98. The lowest BCUT2D eigenvalue weighted by Crippen LogP contribution is -2.29. The van der Waals surface area contributed by atoms with Gasteiger partial charge >= 0.3 is 0 Å². The van der Waals surface area contributed by atoms with Gasteiger partial charge in [-0.2, -0.15) is 4.98 Å². The Morgan fingerprint density at radius 3 is 2.60 bits per heavy atom. The molecule has 0 bridgehead atoms. The Kier molecular flexibility index (Phi) is 5.38. The van der Waals surface area contributed by atoms with Crippen molar-refractivity contribution in [1.82, 2.24) is 34.4 Å². The fourth-order valence-corrected chi connectivity index (χ4v) is 3.82. The first kappa shape index (κ1) is 20.2. The number of para-hydroxylation sites is 1. The van der Waals surface area contributed by atoms with E-state index in [1.807, 2.05) is 51.3 Å². The van der Waals surface area contributed by atoms with Gasteiger partial charge in [-0.1, -0.05) is 30.0 Å². The Hall–Kier alpha value is -3.07. The van der Waals surface area contributed by atoms with Crippen LogP contribution in [0.15, 0.2) is 29.4 Å². The van der Waals surface area contributed by atoms with Gasteiger partial charge in [0.1, 0.15) is 5.82 Å². The summed E-state index contributed by atoms with van der Waals surface area (Å²) in [6, 6.07) is 7.89. The normalized spacial score (nSPS) is 11.4. The lowest BCUT2D eigenvalue weighted by molar-refractivity contribution is -0.129. The molecule has 0 radical (unpaired) electrons. The summed E-state index contributed by atoms with van der Waals surface area (Å²) in [4.78, 5) is 32.7. The van der Waals surface area contributed by atoms with Gasteiger partial charge in [0.05, 0.1) is 18.5 Å². The maximum atomic E-state index is 13.0. The van der Waals surface area contributed by atoms with Gasteiger partial charge in [0.2, 0.25) is 11.1 Å². The molecule has 30 heavy (non-hydrogen) atoms. The largest absolute Gasteiger partial charge is 0.338 e. The van der Waals surface area contributed by atoms with Gasteiger partial charge in [0.15, 0.2) is 0 Å². The number of aromatic nitrogens is 6. The Labute approximate surface area is 178 Å². The van der Waals surface area contributed by atoms with Crippen LogP contribution in [0.25, 0.3) is 16.7 Å². The second-order valence-electron chi connectivity index (χ2n) is 7.24. The molecule has 4 rings (SSSR count). The molecule has 0 aliphatic carbocycles. The van der Waals surface area contributed by atoms with Crippen molar-refractivity contribution in [1.29, 1.82) is 0 Å². The molecule has 154 valence electrons. The highest BCUT2D eigenvalue weighted by Gasteiger charge is 2.19. The van der Waals surface area contributed by atoms with Crippen LogP contribution in [0.1, 0.15) is 28.5 Å². The fourth-order valence-electron chi connectivity index (χ4n) is 3.48. The second-order valence-corrected chi connectivity index (χ2v) is 8.01. The Morgan fingerprint density at radius 2 is 1.83 bits per heavy atom. The number of fused-ring (bicyclic) bond motifs is 2. The van der Waals surface area contributed by atoms with Crippen LogP contribution in [0.3, 0.4) is 0 Å². The standard InChI is InChI=1S/C21H23N7OS/c1-12-15-8-6-7-9-17(15)24-18(22-12)11-27(4)19(29)10-16-13(2)23-20-25-21(30-5)26-28(20)14(16)3/h6-9H,10-11H2,1-5H3. The molecule has 8 nitrogen and oxygen atoms in total. The summed E-state index contributed by atoms with van der Waals surface area (Å²) < 4.78 is 1.71. The molecule has 3 aromatic heterocycles. The van der Waals surface area contributed by atoms with Gasteiger partial charge in [0, 0.05) is 35.1 Å². The zero-order chi connectivity index (χ0) is 21.4. The Balaban J connectivity index is 1.57. The molecule has 0 saturated heterocycles. The van der Waals surface area contributed by atoms with E-state index in [1.54, 1.807) is 16.5 Å². The van der Waals surface area contributed by atoms with E-state index in [1.165, 1.54) is 11.8 Å². The topological polar surface area (TPSA) is 89.2 Å². The SMILES string of the molecule is CSc1nc2nc(C)c(CC(=O)N(C)Cc3nc(C)c4ccccc4n3)c(C)n2n1. The first-order valence-corrected chi connectivity index (χ1v) is 10.8. The van der Waals surface area contributed by atoms with Crippen LogP contribution in [0.5, 0.6) is 0 Å². The Morgan fingerprint density at radius 1 is 1.07 bits per heavy atom. The van der Waals surface area contributed by atoms with E-state index in [9.17, 15) is 4.79 Å². The number of hydrogen-bond acceptors (Lipinski definition) is 7. The molecule has 0 saturated carbocycles. The molecule has 1 amide bonds. The predicted octanol–water partition coefficient (Wildman–Crippen LogP) is 2.92. The number of carbonyl (C=O) groups excluding carboxylic acids is 1. The summed E-state index contributed by atoms with van der Waals surface area (Å²) in [7, 11) is 1.77. The lowest BCUT2D eigenvalue weighted by atomic mass is 10.1. The first-order chi connectivity index (χ1) is 14.4. The van der Waals surface area contributed by atoms with Crippen molar-refractivity contribution in [3.8, 4) is 0 Å². The zero-order valence-corrected chi connectivity index (χ0v) is 18.5. The minimum atomic E-state index is -0.0260. The predicted molar refractivity (Wildman–Crippen MR) is 116 cm³/mol. The van der Waals surface area contributed by atoms with Gasteiger partial charge < -0.3 is 4.90 Å². The third-order valence-corrected chi connectivity index (χ3v) is 5.72. The first-order valence-electron chi connectivity index (χ1n) is 9.60. The molecule has 0 aliphatic heterocycles. The van der Waals surface area contributed by atoms with Gasteiger partial charge in [-0.25, -0.2) is 19.5 Å². The average molecular weight is 422 g/mol. The van der Waals surface area contributed by atoms with E-state index in [-0.39, 0.29) is 12.3 Å². The number of thioether (sulfide) groups is 1. The average Bonchev–Trinajstić information content (AvgIpc) is 3.14. The van der Waals surface area contributed by atoms with E-state index >= 15 is 0 Å². The molecular formula is C21H23N7OS. The van der Waals surface area contributed by atoms with Gasteiger partial charge in [-0.05, 0) is 33.1 Å². The number of likely N-dealkylation sites (N-methyl/N-ethyl adjacent to an activating group) is 1. The summed E-state index contributed by atoms with van der Waals surface area (Å²) in [6.07, 6.45) is 2.16. The number of benzene rings is 1. The summed E-state index contributed by atoms with van der Waals surface area (Å²) >= 11 is 1.46. The van der Waals surface area contributed by atoms with Crippen molar-refractivity contribution in [2.45, 2.75) is 38.9 Å². The van der Waals surface area contributed by atoms with Crippen molar-refractivity contribution in [3.05, 3.63) is 52.7 Å². The van der Waals surface area contributed by atoms with E-state index in [0.717, 1.165) is 33.5 Å². The van der Waals surface area contributed by atoms with Crippen molar-refractivity contribution >= 4 is 34.3 Å². The van der Waals surface area contributed by atoms with Crippen LogP contribution in [0.2, 0.25) is 0 Å². The molecular weight excluding hydrogens is 398 g/mol. The second kappa shape index (κ2) is 7.98. The fraction of sp³-hybridized carbons (Fsp3) is 0.333. The van der Waals surface area contributed by atoms with Gasteiger partial charge in [-0.15, -0.1) is 5.10 Å². The number of aryl methyl sites for hydroxylation is 3. The number of rotatable bonds is 5. The van der Waals surface area contributed by atoms with E-state index in [2.05, 4.69) is 25.0 Å². The van der Waals surface area contributed by atoms with Gasteiger partial charge in [0.25, 0.3) is 5.78 Å². The van der Waals surface area contributed by atoms with Gasteiger partial charge in [-0.3, -0.25) is 4.79 Å². The summed E-state index contributed by atoms with van der Waals surface area (Å²) in [6.45, 7) is 6.15. The van der Waals surface area contributed by atoms with Crippen molar-refractivity contribution in [2.75, 3.05) is 13.3 Å². The van der Waals surface area contributed by atoms with E-state index in [4.69, 9.17) is 0 Å².